The number of anilines is 1. The van der Waals surface area contributed by atoms with Crippen molar-refractivity contribution in [2.75, 3.05) is 11.9 Å². The zero-order chi connectivity index (χ0) is 13.0. The van der Waals surface area contributed by atoms with Crippen LogP contribution in [0.1, 0.15) is 12.5 Å². The minimum absolute atomic E-state index is 0.341. The maximum Gasteiger partial charge on any atom is 0.411 e. The molecule has 0 aliphatic rings. The second-order valence-electron chi connectivity index (χ2n) is 3.60. The molecule has 7 nitrogen and oxygen atoms in total. The molecule has 0 aliphatic carbocycles. The normalized spacial score (nSPS) is 10.1. The lowest BCUT2D eigenvalue weighted by Crippen LogP contribution is -2.13. The van der Waals surface area contributed by atoms with Crippen LogP contribution in [0.3, 0.4) is 0 Å². The first kappa shape index (κ1) is 12.0. The van der Waals surface area contributed by atoms with E-state index in [0.717, 1.165) is 11.3 Å². The number of carbonyl (C=O) groups excluding carboxylic acids is 1. The summed E-state index contributed by atoms with van der Waals surface area (Å²) in [6, 6.07) is 5.42. The molecule has 18 heavy (non-hydrogen) atoms. The lowest BCUT2D eigenvalue weighted by molar-refractivity contribution is 0.168. The van der Waals surface area contributed by atoms with Gasteiger partial charge in [-0.1, -0.05) is 0 Å². The Bertz CT molecular complexity index is 538. The number of ether oxygens (including phenoxy) is 1. The monoisotopic (exact) mass is 247 g/mol. The topological polar surface area (TPSA) is 81.9 Å². The van der Waals surface area contributed by atoms with Gasteiger partial charge >= 0.3 is 6.09 Å². The third-order valence-corrected chi connectivity index (χ3v) is 2.31. The Morgan fingerprint density at radius 1 is 1.50 bits per heavy atom. The van der Waals surface area contributed by atoms with E-state index >= 15 is 0 Å². The molecule has 2 aromatic rings. The molecule has 0 fully saturated rings. The number of nitrogens with zero attached hydrogens (tertiary/aromatic N) is 4. The van der Waals surface area contributed by atoms with Crippen molar-refractivity contribution in [2.45, 2.75) is 13.8 Å². The largest absolute Gasteiger partial charge is 0.450 e. The predicted molar refractivity (Wildman–Crippen MR) is 64.5 cm³/mol. The van der Waals surface area contributed by atoms with Crippen molar-refractivity contribution < 1.29 is 9.53 Å². The van der Waals surface area contributed by atoms with Crippen LogP contribution in [-0.2, 0) is 4.74 Å². The van der Waals surface area contributed by atoms with Crippen LogP contribution in [0.25, 0.3) is 5.69 Å². The molecule has 2 rings (SSSR count). The number of aromatic nitrogens is 4. The van der Waals surface area contributed by atoms with Gasteiger partial charge in [-0.2, -0.15) is 0 Å². The lowest BCUT2D eigenvalue weighted by atomic mass is 10.2. The summed E-state index contributed by atoms with van der Waals surface area (Å²) < 4.78 is 6.36. The van der Waals surface area contributed by atoms with E-state index in [2.05, 4.69) is 20.8 Å². The van der Waals surface area contributed by atoms with Crippen LogP contribution in [-0.4, -0.2) is 32.9 Å². The number of aryl methyl sites for hydroxylation is 1. The van der Waals surface area contributed by atoms with E-state index in [1.54, 1.807) is 17.7 Å². The summed E-state index contributed by atoms with van der Waals surface area (Å²) in [6.45, 7) is 4.01. The van der Waals surface area contributed by atoms with E-state index in [9.17, 15) is 4.79 Å². The van der Waals surface area contributed by atoms with E-state index < -0.39 is 6.09 Å². The Hall–Kier alpha value is -2.44. The molecule has 1 aromatic heterocycles. The van der Waals surface area contributed by atoms with Gasteiger partial charge in [-0.05, 0) is 48.0 Å². The second-order valence-corrected chi connectivity index (χ2v) is 3.60. The summed E-state index contributed by atoms with van der Waals surface area (Å²) in [4.78, 5) is 11.3. The number of carbonyl (C=O) groups is 1. The van der Waals surface area contributed by atoms with E-state index in [1.807, 2.05) is 19.1 Å². The summed E-state index contributed by atoms with van der Waals surface area (Å²) in [5.74, 6) is 0. The van der Waals surface area contributed by atoms with Gasteiger partial charge in [0.05, 0.1) is 12.3 Å². The summed E-state index contributed by atoms with van der Waals surface area (Å²) in [6.07, 6.45) is 1.05. The predicted octanol–water partition coefficient (Wildman–Crippen LogP) is 1.54. The molecule has 1 amide bonds. The molecule has 1 N–H and O–H groups in total. The van der Waals surface area contributed by atoms with E-state index in [4.69, 9.17) is 4.74 Å². The Morgan fingerprint density at radius 3 is 2.94 bits per heavy atom. The number of rotatable bonds is 3. The van der Waals surface area contributed by atoms with E-state index in [1.165, 1.54) is 6.33 Å². The molecule has 0 saturated heterocycles. The quantitative estimate of drug-likeness (QED) is 0.889. The third-order valence-electron chi connectivity index (χ3n) is 2.31. The first-order valence-corrected chi connectivity index (χ1v) is 5.48. The van der Waals surface area contributed by atoms with Gasteiger partial charge in [0.25, 0.3) is 0 Å². The molecule has 1 heterocycles. The van der Waals surface area contributed by atoms with Gasteiger partial charge in [0.15, 0.2) is 0 Å². The van der Waals surface area contributed by atoms with Gasteiger partial charge in [-0.3, -0.25) is 5.32 Å². The highest BCUT2D eigenvalue weighted by Gasteiger charge is 2.06. The minimum atomic E-state index is -0.466. The standard InChI is InChI=1S/C11H13N5O2/c1-3-18-11(17)13-9-4-5-10(8(2)6-9)16-7-12-14-15-16/h4-7H,3H2,1-2H3,(H,13,17). The summed E-state index contributed by atoms with van der Waals surface area (Å²) in [5, 5.41) is 13.6. The smallest absolute Gasteiger partial charge is 0.411 e. The van der Waals surface area contributed by atoms with Gasteiger partial charge in [0, 0.05) is 5.69 Å². The van der Waals surface area contributed by atoms with Gasteiger partial charge in [-0.15, -0.1) is 5.10 Å². The van der Waals surface area contributed by atoms with Gasteiger partial charge in [0.2, 0.25) is 0 Å². The fourth-order valence-electron chi connectivity index (χ4n) is 1.55. The Labute approximate surface area is 104 Å². The van der Waals surface area contributed by atoms with Crippen LogP contribution in [0.2, 0.25) is 0 Å². The highest BCUT2D eigenvalue weighted by atomic mass is 16.5. The van der Waals surface area contributed by atoms with Crippen molar-refractivity contribution in [1.82, 2.24) is 20.2 Å². The van der Waals surface area contributed by atoms with Crippen LogP contribution >= 0.6 is 0 Å². The minimum Gasteiger partial charge on any atom is -0.450 e. The second kappa shape index (κ2) is 5.26. The molecule has 0 bridgehead atoms. The van der Waals surface area contributed by atoms with Crippen LogP contribution in [0.5, 0.6) is 0 Å². The average Bonchev–Trinajstić information content (AvgIpc) is 2.82. The lowest BCUT2D eigenvalue weighted by Gasteiger charge is -2.08. The maximum atomic E-state index is 11.3. The molecule has 0 saturated carbocycles. The molecule has 0 spiro atoms. The number of amides is 1. The summed E-state index contributed by atoms with van der Waals surface area (Å²) in [7, 11) is 0. The Balaban J connectivity index is 2.18. The molecule has 7 heteroatoms. The fraction of sp³-hybridized carbons (Fsp3) is 0.273. The highest BCUT2D eigenvalue weighted by Crippen LogP contribution is 2.17. The van der Waals surface area contributed by atoms with Crippen molar-refractivity contribution >= 4 is 11.8 Å². The zero-order valence-electron chi connectivity index (χ0n) is 10.1. The summed E-state index contributed by atoms with van der Waals surface area (Å²) in [5.41, 5.74) is 2.47. The van der Waals surface area contributed by atoms with Crippen LogP contribution in [0.4, 0.5) is 10.5 Å². The summed E-state index contributed by atoms with van der Waals surface area (Å²) >= 11 is 0. The van der Waals surface area contributed by atoms with E-state index in [0.29, 0.717) is 12.3 Å². The molecule has 0 unspecified atom stereocenters. The van der Waals surface area contributed by atoms with Crippen molar-refractivity contribution in [2.24, 2.45) is 0 Å². The first-order chi connectivity index (χ1) is 8.70. The molecular weight excluding hydrogens is 234 g/mol. The first-order valence-electron chi connectivity index (χ1n) is 5.48. The van der Waals surface area contributed by atoms with Crippen LogP contribution < -0.4 is 5.32 Å². The molecular formula is C11H13N5O2. The number of hydrogen-bond donors (Lipinski definition) is 1. The van der Waals surface area contributed by atoms with Gasteiger partial charge in [0.1, 0.15) is 6.33 Å². The average molecular weight is 247 g/mol. The van der Waals surface area contributed by atoms with Crippen molar-refractivity contribution in [1.29, 1.82) is 0 Å². The molecule has 0 atom stereocenters. The number of benzene rings is 1. The molecule has 0 radical (unpaired) electrons. The van der Waals surface area contributed by atoms with Gasteiger partial charge < -0.3 is 4.74 Å². The third kappa shape index (κ3) is 2.62. The van der Waals surface area contributed by atoms with Crippen LogP contribution in [0.15, 0.2) is 24.5 Å². The van der Waals surface area contributed by atoms with Crippen molar-refractivity contribution in [3.8, 4) is 5.69 Å². The SMILES string of the molecule is CCOC(=O)Nc1ccc(-n2cnnn2)c(C)c1. The van der Waals surface area contributed by atoms with Gasteiger partial charge in [-0.25, -0.2) is 9.48 Å². The molecule has 94 valence electrons. The van der Waals surface area contributed by atoms with Crippen molar-refractivity contribution in [3.63, 3.8) is 0 Å². The van der Waals surface area contributed by atoms with Crippen molar-refractivity contribution in [3.05, 3.63) is 30.1 Å². The molecule has 0 aliphatic heterocycles. The zero-order valence-corrected chi connectivity index (χ0v) is 10.1. The van der Waals surface area contributed by atoms with E-state index in [-0.39, 0.29) is 0 Å². The number of hydrogen-bond acceptors (Lipinski definition) is 5. The Morgan fingerprint density at radius 2 is 2.33 bits per heavy atom. The molecule has 1 aromatic carbocycles. The number of nitrogens with one attached hydrogen (secondary N) is 1. The number of tetrazole rings is 1. The highest BCUT2D eigenvalue weighted by molar-refractivity contribution is 5.84. The van der Waals surface area contributed by atoms with Crippen LogP contribution in [0, 0.1) is 6.92 Å². The Kier molecular flexibility index (Phi) is 3.52. The maximum absolute atomic E-state index is 11.3. The fourth-order valence-corrected chi connectivity index (χ4v) is 1.55.